The molecule has 2 aromatic carbocycles. The third-order valence-electron chi connectivity index (χ3n) is 5.16. The second-order valence-corrected chi connectivity index (χ2v) is 6.81. The summed E-state index contributed by atoms with van der Waals surface area (Å²) in [5, 5.41) is 12.4. The molecule has 128 valence electrons. The van der Waals surface area contributed by atoms with Crippen molar-refractivity contribution in [3.8, 4) is 5.69 Å². The highest BCUT2D eigenvalue weighted by atomic mass is 15.5. The molecule has 0 spiro atoms. The SMILES string of the molecule is Cc1ccc(C2CCCN2Cc2nnnn2-c2ccccc2)cc1C. The monoisotopic (exact) mass is 333 g/mol. The van der Waals surface area contributed by atoms with Crippen molar-refractivity contribution in [1.82, 2.24) is 25.1 Å². The fourth-order valence-corrected chi connectivity index (χ4v) is 3.62. The molecule has 0 radical (unpaired) electrons. The Balaban J connectivity index is 1.58. The Morgan fingerprint density at radius 3 is 2.68 bits per heavy atom. The van der Waals surface area contributed by atoms with Crippen molar-refractivity contribution in [3.63, 3.8) is 0 Å². The summed E-state index contributed by atoms with van der Waals surface area (Å²) >= 11 is 0. The molecule has 1 fully saturated rings. The highest BCUT2D eigenvalue weighted by Gasteiger charge is 2.27. The Labute approximate surface area is 148 Å². The number of para-hydroxylation sites is 1. The molecule has 0 saturated carbocycles. The third-order valence-corrected chi connectivity index (χ3v) is 5.16. The first-order chi connectivity index (χ1) is 12.2. The van der Waals surface area contributed by atoms with Crippen molar-refractivity contribution < 1.29 is 0 Å². The minimum Gasteiger partial charge on any atom is -0.289 e. The number of hydrogen-bond acceptors (Lipinski definition) is 4. The number of aryl methyl sites for hydroxylation is 2. The van der Waals surface area contributed by atoms with Crippen molar-refractivity contribution in [2.45, 2.75) is 39.3 Å². The Kier molecular flexibility index (Phi) is 4.32. The van der Waals surface area contributed by atoms with Crippen LogP contribution in [0.2, 0.25) is 0 Å². The van der Waals surface area contributed by atoms with Crippen LogP contribution in [0.15, 0.2) is 48.5 Å². The minimum atomic E-state index is 0.445. The van der Waals surface area contributed by atoms with Gasteiger partial charge < -0.3 is 0 Å². The van der Waals surface area contributed by atoms with Crippen molar-refractivity contribution in [2.24, 2.45) is 0 Å². The largest absolute Gasteiger partial charge is 0.289 e. The molecule has 0 N–H and O–H groups in total. The summed E-state index contributed by atoms with van der Waals surface area (Å²) in [5.41, 5.74) is 5.11. The summed E-state index contributed by atoms with van der Waals surface area (Å²) in [4.78, 5) is 2.50. The van der Waals surface area contributed by atoms with Gasteiger partial charge in [-0.1, -0.05) is 36.4 Å². The number of likely N-dealkylation sites (tertiary alicyclic amines) is 1. The minimum absolute atomic E-state index is 0.445. The van der Waals surface area contributed by atoms with Crippen molar-refractivity contribution in [2.75, 3.05) is 6.54 Å². The van der Waals surface area contributed by atoms with Crippen LogP contribution in [-0.2, 0) is 6.54 Å². The van der Waals surface area contributed by atoms with E-state index in [1.807, 2.05) is 35.0 Å². The fraction of sp³-hybridized carbons (Fsp3) is 0.350. The molecule has 1 saturated heterocycles. The van der Waals surface area contributed by atoms with E-state index in [0.717, 1.165) is 24.6 Å². The lowest BCUT2D eigenvalue weighted by Crippen LogP contribution is -2.25. The van der Waals surface area contributed by atoms with Gasteiger partial charge in [-0.2, -0.15) is 4.68 Å². The predicted molar refractivity (Wildman–Crippen MR) is 97.5 cm³/mol. The smallest absolute Gasteiger partial charge is 0.170 e. The maximum absolute atomic E-state index is 4.28. The van der Waals surface area contributed by atoms with E-state index in [4.69, 9.17) is 0 Å². The quantitative estimate of drug-likeness (QED) is 0.732. The molecule has 0 aliphatic carbocycles. The standard InChI is InChI=1S/C20H23N5/c1-15-10-11-17(13-16(15)2)19-9-6-12-24(19)14-20-21-22-23-25(20)18-7-4-3-5-8-18/h3-5,7-8,10-11,13,19H,6,9,12,14H2,1-2H3. The van der Waals surface area contributed by atoms with Crippen LogP contribution < -0.4 is 0 Å². The predicted octanol–water partition coefficient (Wildman–Crippen LogP) is 3.62. The van der Waals surface area contributed by atoms with E-state index in [-0.39, 0.29) is 0 Å². The van der Waals surface area contributed by atoms with E-state index >= 15 is 0 Å². The lowest BCUT2D eigenvalue weighted by atomic mass is 9.99. The number of rotatable bonds is 4. The molecule has 5 nitrogen and oxygen atoms in total. The van der Waals surface area contributed by atoms with Crippen LogP contribution in [-0.4, -0.2) is 31.7 Å². The first-order valence-electron chi connectivity index (χ1n) is 8.86. The number of aromatic nitrogens is 4. The summed E-state index contributed by atoms with van der Waals surface area (Å²) in [6, 6.07) is 17.4. The van der Waals surface area contributed by atoms with E-state index in [1.165, 1.54) is 29.5 Å². The average Bonchev–Trinajstić information content (AvgIpc) is 3.28. The van der Waals surface area contributed by atoms with Crippen LogP contribution in [0.4, 0.5) is 0 Å². The molecular formula is C20H23N5. The first kappa shape index (κ1) is 16.0. The molecule has 4 rings (SSSR count). The van der Waals surface area contributed by atoms with Gasteiger partial charge in [0.15, 0.2) is 5.82 Å². The van der Waals surface area contributed by atoms with Gasteiger partial charge in [0.25, 0.3) is 0 Å². The van der Waals surface area contributed by atoms with E-state index in [1.54, 1.807) is 0 Å². The first-order valence-corrected chi connectivity index (χ1v) is 8.86. The van der Waals surface area contributed by atoms with Crippen LogP contribution in [0.25, 0.3) is 5.69 Å². The second kappa shape index (κ2) is 6.76. The molecular weight excluding hydrogens is 310 g/mol. The van der Waals surface area contributed by atoms with Gasteiger partial charge in [-0.05, 0) is 72.5 Å². The normalized spacial score (nSPS) is 17.9. The van der Waals surface area contributed by atoms with Gasteiger partial charge in [0.1, 0.15) is 0 Å². The van der Waals surface area contributed by atoms with E-state index in [0.29, 0.717) is 6.04 Å². The Morgan fingerprint density at radius 2 is 1.88 bits per heavy atom. The Hall–Kier alpha value is -2.53. The number of benzene rings is 2. The summed E-state index contributed by atoms with van der Waals surface area (Å²) in [6.07, 6.45) is 2.40. The lowest BCUT2D eigenvalue weighted by Gasteiger charge is -2.24. The third kappa shape index (κ3) is 3.20. The molecule has 1 aromatic heterocycles. The van der Waals surface area contributed by atoms with Gasteiger partial charge in [0.2, 0.25) is 0 Å². The molecule has 3 aromatic rings. The molecule has 2 heterocycles. The molecule has 1 unspecified atom stereocenters. The van der Waals surface area contributed by atoms with Crippen LogP contribution in [0.1, 0.15) is 41.4 Å². The van der Waals surface area contributed by atoms with Gasteiger partial charge in [-0.15, -0.1) is 5.10 Å². The van der Waals surface area contributed by atoms with Gasteiger partial charge >= 0.3 is 0 Å². The zero-order valence-electron chi connectivity index (χ0n) is 14.8. The molecule has 0 bridgehead atoms. The topological polar surface area (TPSA) is 46.8 Å². The summed E-state index contributed by atoms with van der Waals surface area (Å²) in [5.74, 6) is 0.891. The Morgan fingerprint density at radius 1 is 1.04 bits per heavy atom. The Bertz CT molecular complexity index is 856. The lowest BCUT2D eigenvalue weighted by molar-refractivity contribution is 0.240. The maximum atomic E-state index is 4.28. The molecule has 1 aliphatic heterocycles. The van der Waals surface area contributed by atoms with Crippen molar-refractivity contribution in [3.05, 3.63) is 71.0 Å². The summed E-state index contributed by atoms with van der Waals surface area (Å²) in [6.45, 7) is 6.20. The van der Waals surface area contributed by atoms with E-state index in [2.05, 4.69) is 52.5 Å². The van der Waals surface area contributed by atoms with Gasteiger partial charge in [0.05, 0.1) is 12.2 Å². The number of hydrogen-bond donors (Lipinski definition) is 0. The molecule has 5 heteroatoms. The molecule has 1 aliphatic rings. The van der Waals surface area contributed by atoms with Crippen LogP contribution in [0, 0.1) is 13.8 Å². The fourth-order valence-electron chi connectivity index (χ4n) is 3.62. The maximum Gasteiger partial charge on any atom is 0.170 e. The molecule has 1 atom stereocenters. The van der Waals surface area contributed by atoms with Crippen LogP contribution in [0.5, 0.6) is 0 Å². The van der Waals surface area contributed by atoms with Crippen molar-refractivity contribution >= 4 is 0 Å². The van der Waals surface area contributed by atoms with Crippen molar-refractivity contribution in [1.29, 1.82) is 0 Å². The average molecular weight is 333 g/mol. The van der Waals surface area contributed by atoms with Gasteiger partial charge in [0, 0.05) is 6.04 Å². The van der Waals surface area contributed by atoms with Gasteiger partial charge in [-0.3, -0.25) is 4.90 Å². The van der Waals surface area contributed by atoms with E-state index in [9.17, 15) is 0 Å². The van der Waals surface area contributed by atoms with Crippen LogP contribution >= 0.6 is 0 Å². The highest BCUT2D eigenvalue weighted by Crippen LogP contribution is 2.33. The summed E-state index contributed by atoms with van der Waals surface area (Å²) in [7, 11) is 0. The number of tetrazole rings is 1. The molecule has 0 amide bonds. The zero-order valence-corrected chi connectivity index (χ0v) is 14.8. The zero-order chi connectivity index (χ0) is 17.2. The second-order valence-electron chi connectivity index (χ2n) is 6.81. The highest BCUT2D eigenvalue weighted by molar-refractivity contribution is 5.33. The molecule has 25 heavy (non-hydrogen) atoms. The summed E-state index contributed by atoms with van der Waals surface area (Å²) < 4.78 is 1.84. The number of nitrogens with zero attached hydrogens (tertiary/aromatic N) is 5. The van der Waals surface area contributed by atoms with E-state index < -0.39 is 0 Å². The van der Waals surface area contributed by atoms with Gasteiger partial charge in [-0.25, -0.2) is 0 Å². The van der Waals surface area contributed by atoms with Crippen LogP contribution in [0.3, 0.4) is 0 Å².